The Kier molecular flexibility index (Phi) is 7.92. The molecule has 0 unspecified atom stereocenters. The van der Waals surface area contributed by atoms with Crippen LogP contribution in [0.3, 0.4) is 0 Å². The second kappa shape index (κ2) is 13.4. The van der Waals surface area contributed by atoms with Crippen LogP contribution in [0, 0.1) is 0 Å². The fraction of sp³-hybridized carbons (Fsp3) is 0.0385. The second-order valence-corrected chi connectivity index (χ2v) is 14.1. The van der Waals surface area contributed by atoms with Crippen molar-refractivity contribution >= 4 is 71.6 Å². The van der Waals surface area contributed by atoms with Gasteiger partial charge < -0.3 is 13.7 Å². The lowest BCUT2D eigenvalue weighted by atomic mass is 9.98. The van der Waals surface area contributed by atoms with E-state index in [1.807, 2.05) is 12.1 Å². The first-order valence-corrected chi connectivity index (χ1v) is 18.8. The van der Waals surface area contributed by atoms with Crippen LogP contribution in [-0.2, 0) is 0 Å². The van der Waals surface area contributed by atoms with E-state index in [1.165, 1.54) is 16.5 Å². The van der Waals surface area contributed by atoms with Crippen LogP contribution in [0.1, 0.15) is 19.4 Å². The molecule has 0 N–H and O–H groups in total. The smallest absolute Gasteiger partial charge is 0.143 e. The predicted octanol–water partition coefficient (Wildman–Crippen LogP) is 15.1. The van der Waals surface area contributed by atoms with Gasteiger partial charge in [0.25, 0.3) is 0 Å². The zero-order valence-corrected chi connectivity index (χ0v) is 30.7. The highest BCUT2D eigenvalue weighted by molar-refractivity contribution is 6.15. The number of para-hydroxylation sites is 1. The van der Waals surface area contributed by atoms with E-state index in [2.05, 4.69) is 195 Å². The normalized spacial score (nSPS) is 12.4. The SMILES string of the molecule is C/C=C\C(=C(/C)N(c1ccc(-c2ccccc2)cc1)c1ccc(-c2ccc3oc4ccccc4c3c2)cc1)c1ccc2oc3c4ccccc4ccc3c2c1. The lowest BCUT2D eigenvalue weighted by Gasteiger charge is -2.28. The van der Waals surface area contributed by atoms with E-state index in [1.54, 1.807) is 0 Å². The molecule has 0 saturated carbocycles. The van der Waals surface area contributed by atoms with Crippen molar-refractivity contribution in [2.45, 2.75) is 13.8 Å². The van der Waals surface area contributed by atoms with Crippen LogP contribution in [0.5, 0.6) is 0 Å². The maximum atomic E-state index is 6.49. The Hall–Kier alpha value is -7.10. The molecule has 262 valence electrons. The molecule has 2 heterocycles. The average Bonchev–Trinajstić information content (AvgIpc) is 3.82. The Labute approximate surface area is 319 Å². The van der Waals surface area contributed by atoms with Gasteiger partial charge in [-0.2, -0.15) is 0 Å². The molecule has 3 nitrogen and oxygen atoms in total. The van der Waals surface area contributed by atoms with Gasteiger partial charge in [0.1, 0.15) is 22.3 Å². The van der Waals surface area contributed by atoms with Gasteiger partial charge in [-0.05, 0) is 108 Å². The molecule has 2 aromatic heterocycles. The van der Waals surface area contributed by atoms with E-state index in [0.717, 1.165) is 88.6 Å². The number of rotatable bonds is 7. The van der Waals surface area contributed by atoms with Crippen molar-refractivity contribution in [3.8, 4) is 22.3 Å². The van der Waals surface area contributed by atoms with Gasteiger partial charge >= 0.3 is 0 Å². The first-order valence-electron chi connectivity index (χ1n) is 18.8. The number of hydrogen-bond acceptors (Lipinski definition) is 3. The summed E-state index contributed by atoms with van der Waals surface area (Å²) in [7, 11) is 0. The number of hydrogen-bond donors (Lipinski definition) is 0. The van der Waals surface area contributed by atoms with Crippen LogP contribution in [0.25, 0.3) is 82.5 Å². The lowest BCUT2D eigenvalue weighted by Crippen LogP contribution is -2.16. The molecule has 0 amide bonds. The molecule has 0 atom stereocenters. The summed E-state index contributed by atoms with van der Waals surface area (Å²) in [6, 6.07) is 62.4. The molecular weight excluding hydrogens is 671 g/mol. The maximum Gasteiger partial charge on any atom is 0.143 e. The van der Waals surface area contributed by atoms with E-state index in [4.69, 9.17) is 8.83 Å². The summed E-state index contributed by atoms with van der Waals surface area (Å²) in [4.78, 5) is 2.37. The molecule has 55 heavy (non-hydrogen) atoms. The van der Waals surface area contributed by atoms with Gasteiger partial charge in [-0.25, -0.2) is 0 Å². The van der Waals surface area contributed by atoms with Crippen LogP contribution in [0.4, 0.5) is 11.4 Å². The molecule has 10 aromatic rings. The third-order valence-corrected chi connectivity index (χ3v) is 10.8. The molecule has 0 saturated heterocycles. The monoisotopic (exact) mass is 707 g/mol. The summed E-state index contributed by atoms with van der Waals surface area (Å²) in [6.07, 6.45) is 4.35. The molecule has 0 radical (unpaired) electrons. The Morgan fingerprint density at radius 3 is 1.80 bits per heavy atom. The summed E-state index contributed by atoms with van der Waals surface area (Å²) in [5.74, 6) is 0. The van der Waals surface area contributed by atoms with Gasteiger partial charge in [0.05, 0.1) is 0 Å². The highest BCUT2D eigenvalue weighted by atomic mass is 16.3. The van der Waals surface area contributed by atoms with Crippen LogP contribution in [-0.4, -0.2) is 0 Å². The summed E-state index contributed by atoms with van der Waals surface area (Å²) < 4.78 is 12.6. The van der Waals surface area contributed by atoms with E-state index >= 15 is 0 Å². The topological polar surface area (TPSA) is 29.5 Å². The molecule has 0 fully saturated rings. The van der Waals surface area contributed by atoms with Gasteiger partial charge in [-0.15, -0.1) is 0 Å². The number of benzene rings is 8. The predicted molar refractivity (Wildman–Crippen MR) is 232 cm³/mol. The molecular formula is C52H37NO2. The van der Waals surface area contributed by atoms with Crippen molar-refractivity contribution in [1.82, 2.24) is 0 Å². The zero-order valence-electron chi connectivity index (χ0n) is 30.7. The number of allylic oxidation sites excluding steroid dienone is 4. The Morgan fingerprint density at radius 1 is 0.455 bits per heavy atom. The first-order chi connectivity index (χ1) is 27.1. The lowest BCUT2D eigenvalue weighted by molar-refractivity contribution is 0.669. The largest absolute Gasteiger partial charge is 0.456 e. The number of fused-ring (bicyclic) bond motifs is 8. The fourth-order valence-electron chi connectivity index (χ4n) is 8.06. The van der Waals surface area contributed by atoms with E-state index in [9.17, 15) is 0 Å². The summed E-state index contributed by atoms with van der Waals surface area (Å²) in [5, 5.41) is 6.80. The molecule has 0 aliphatic carbocycles. The fourth-order valence-corrected chi connectivity index (χ4v) is 8.06. The highest BCUT2D eigenvalue weighted by Gasteiger charge is 2.19. The van der Waals surface area contributed by atoms with Gasteiger partial charge in [-0.1, -0.05) is 127 Å². The van der Waals surface area contributed by atoms with Crippen molar-refractivity contribution in [2.24, 2.45) is 0 Å². The van der Waals surface area contributed by atoms with Crippen LogP contribution in [0.2, 0.25) is 0 Å². The Balaban J connectivity index is 1.10. The number of nitrogens with zero attached hydrogens (tertiary/aromatic N) is 1. The van der Waals surface area contributed by atoms with Crippen molar-refractivity contribution < 1.29 is 8.83 Å². The third-order valence-electron chi connectivity index (χ3n) is 10.8. The standard InChI is InChI=1S/C52H37NO2/c1-3-11-43(40-24-31-51-48(33-40)46-29-22-38-14-7-8-15-44(38)52(46)55-51)34(2)53(41-25-18-36(19-26-41)35-12-5-4-6-13-35)42-27-20-37(21-28-42)39-23-30-50-47(32-39)45-16-9-10-17-49(45)54-50/h3-33H,1-2H3/b11-3-,43-34-. The van der Waals surface area contributed by atoms with Crippen molar-refractivity contribution in [1.29, 1.82) is 0 Å². The molecule has 0 spiro atoms. The van der Waals surface area contributed by atoms with Gasteiger partial charge in [0.15, 0.2) is 0 Å². The molecule has 0 aliphatic heterocycles. The van der Waals surface area contributed by atoms with E-state index in [0.29, 0.717) is 0 Å². The summed E-state index contributed by atoms with van der Waals surface area (Å²) in [6.45, 7) is 4.30. The van der Waals surface area contributed by atoms with Gasteiger partial charge in [0, 0.05) is 49.6 Å². The minimum atomic E-state index is 0.887. The molecule has 0 bridgehead atoms. The molecule has 3 heteroatoms. The van der Waals surface area contributed by atoms with Crippen molar-refractivity contribution in [3.05, 3.63) is 199 Å². The first kappa shape index (κ1) is 32.5. The average molecular weight is 708 g/mol. The van der Waals surface area contributed by atoms with E-state index < -0.39 is 0 Å². The van der Waals surface area contributed by atoms with E-state index in [-0.39, 0.29) is 0 Å². The number of furan rings is 2. The molecule has 8 aromatic carbocycles. The van der Waals surface area contributed by atoms with Crippen molar-refractivity contribution in [3.63, 3.8) is 0 Å². The second-order valence-electron chi connectivity index (χ2n) is 14.1. The molecule has 0 aliphatic rings. The zero-order chi connectivity index (χ0) is 36.9. The van der Waals surface area contributed by atoms with Crippen LogP contribution >= 0.6 is 0 Å². The molecule has 10 rings (SSSR count). The quantitative estimate of drug-likeness (QED) is 0.154. The highest BCUT2D eigenvalue weighted by Crippen LogP contribution is 2.40. The maximum absolute atomic E-state index is 6.49. The summed E-state index contributed by atoms with van der Waals surface area (Å²) in [5.41, 5.74) is 13.8. The summed E-state index contributed by atoms with van der Waals surface area (Å²) >= 11 is 0. The number of anilines is 2. The Bertz CT molecular complexity index is 3090. The third kappa shape index (κ3) is 5.69. The Morgan fingerprint density at radius 2 is 1.04 bits per heavy atom. The van der Waals surface area contributed by atoms with Crippen LogP contribution < -0.4 is 4.90 Å². The minimum absolute atomic E-state index is 0.887. The van der Waals surface area contributed by atoms with Crippen LogP contribution in [0.15, 0.2) is 203 Å². The minimum Gasteiger partial charge on any atom is -0.456 e. The van der Waals surface area contributed by atoms with Gasteiger partial charge in [0.2, 0.25) is 0 Å². The van der Waals surface area contributed by atoms with Crippen molar-refractivity contribution in [2.75, 3.05) is 4.90 Å². The van der Waals surface area contributed by atoms with Gasteiger partial charge in [-0.3, -0.25) is 0 Å².